The second-order valence-corrected chi connectivity index (χ2v) is 13.3. The van der Waals surface area contributed by atoms with E-state index in [0.29, 0.717) is 17.7 Å². The quantitative estimate of drug-likeness (QED) is 0.217. The van der Waals surface area contributed by atoms with Crippen molar-refractivity contribution >= 4 is 28.6 Å². The third kappa shape index (κ3) is 4.91. The average molecular weight is 633 g/mol. The topological polar surface area (TPSA) is 102 Å². The first kappa shape index (κ1) is 29.7. The van der Waals surface area contributed by atoms with Crippen LogP contribution >= 0.6 is 0 Å². The molecule has 1 saturated heterocycles. The van der Waals surface area contributed by atoms with Crippen molar-refractivity contribution in [3.05, 3.63) is 149 Å². The van der Waals surface area contributed by atoms with E-state index in [-0.39, 0.29) is 24.6 Å². The number of benzene rings is 4. The van der Waals surface area contributed by atoms with Crippen molar-refractivity contribution in [3.8, 4) is 5.75 Å². The van der Waals surface area contributed by atoms with Gasteiger partial charge in [0.15, 0.2) is 0 Å². The van der Waals surface area contributed by atoms with Crippen LogP contribution < -0.4 is 10.1 Å². The lowest BCUT2D eigenvalue weighted by Crippen LogP contribution is -2.77. The van der Waals surface area contributed by atoms with Gasteiger partial charge in [0.1, 0.15) is 29.5 Å². The number of nitrogens with one attached hydrogen (secondary N) is 1. The summed E-state index contributed by atoms with van der Waals surface area (Å²) in [4.78, 5) is 42.0. The fourth-order valence-corrected chi connectivity index (χ4v) is 9.26. The van der Waals surface area contributed by atoms with Gasteiger partial charge < -0.3 is 14.8 Å². The second kappa shape index (κ2) is 12.1. The predicted molar refractivity (Wildman–Crippen MR) is 173 cm³/mol. The van der Waals surface area contributed by atoms with Gasteiger partial charge in [0, 0.05) is 5.41 Å². The largest absolute Gasteiger partial charge is 0.497 e. The molecule has 8 nitrogen and oxygen atoms in total. The van der Waals surface area contributed by atoms with Crippen molar-refractivity contribution in [3.63, 3.8) is 0 Å². The maximum absolute atomic E-state index is 14.7. The molecule has 1 unspecified atom stereocenters. The molecule has 0 bridgehead atoms. The number of hydrogen-bond acceptors (Lipinski definition) is 6. The number of carbonyl (C=O) groups excluding carboxylic acids is 3. The summed E-state index contributed by atoms with van der Waals surface area (Å²) in [5, 5.41) is 1.30. The van der Waals surface area contributed by atoms with Gasteiger partial charge in [0.05, 0.1) is 29.6 Å². The summed E-state index contributed by atoms with van der Waals surface area (Å²) in [5.41, 5.74) is 3.55. The molecule has 2 heterocycles. The first-order valence-corrected chi connectivity index (χ1v) is 16.4. The van der Waals surface area contributed by atoms with E-state index in [4.69, 9.17) is 9.47 Å². The van der Waals surface area contributed by atoms with Gasteiger partial charge in [0.2, 0.25) is 5.91 Å². The van der Waals surface area contributed by atoms with Crippen LogP contribution in [-0.4, -0.2) is 50.7 Å². The highest BCUT2D eigenvalue weighted by Gasteiger charge is 2.68. The summed E-state index contributed by atoms with van der Waals surface area (Å²) in [5.74, 6) is -0.807. The van der Waals surface area contributed by atoms with E-state index in [2.05, 4.69) is 5.32 Å². The van der Waals surface area contributed by atoms with Crippen LogP contribution in [0.1, 0.15) is 28.7 Å². The van der Waals surface area contributed by atoms with Gasteiger partial charge in [0.25, 0.3) is 5.91 Å². The lowest BCUT2D eigenvalue weighted by Gasteiger charge is -2.60. The Bertz CT molecular complexity index is 1800. The molecule has 7 rings (SSSR count). The van der Waals surface area contributed by atoms with Crippen LogP contribution in [0.3, 0.4) is 0 Å². The zero-order chi connectivity index (χ0) is 31.8. The van der Waals surface area contributed by atoms with Gasteiger partial charge in [-0.15, -0.1) is 0 Å². The molecule has 2 amide bonds. The number of fused-ring (bicyclic) bond motifs is 2. The molecule has 4 aromatic carbocycles. The van der Waals surface area contributed by atoms with Crippen molar-refractivity contribution in [1.29, 1.82) is 0 Å². The number of esters is 1. The van der Waals surface area contributed by atoms with Crippen LogP contribution in [0.2, 0.25) is 0 Å². The fourth-order valence-electron chi connectivity index (χ4n) is 6.88. The van der Waals surface area contributed by atoms with E-state index in [0.717, 1.165) is 22.3 Å². The van der Waals surface area contributed by atoms with E-state index in [1.807, 2.05) is 91.0 Å². The molecule has 1 saturated carbocycles. The zero-order valence-electron chi connectivity index (χ0n) is 25.1. The SMILES string of the molecule is COc1ccc(COC(=O)C2=C3CC(c4ccccc4)(c4ccccc4)[C@@H]3S(=O)[C@@H]3[C@H](NC(=O)Cc4ccccc4)C(=O)N23)cc1. The van der Waals surface area contributed by atoms with Gasteiger partial charge >= 0.3 is 5.97 Å². The highest BCUT2D eigenvalue weighted by atomic mass is 32.2. The number of ether oxygens (including phenoxy) is 2. The minimum absolute atomic E-state index is 0.0141. The molecule has 0 spiro atoms. The number of amides is 2. The predicted octanol–water partition coefficient (Wildman–Crippen LogP) is 4.41. The number of nitrogens with zero attached hydrogens (tertiary/aromatic N) is 1. The summed E-state index contributed by atoms with van der Waals surface area (Å²) in [6, 6.07) is 35.1. The Morgan fingerprint density at radius 2 is 1.43 bits per heavy atom. The lowest BCUT2D eigenvalue weighted by molar-refractivity contribution is -0.154. The van der Waals surface area contributed by atoms with E-state index in [1.54, 1.807) is 31.4 Å². The third-order valence-corrected chi connectivity index (χ3v) is 11.2. The van der Waals surface area contributed by atoms with E-state index in [9.17, 15) is 18.6 Å². The maximum atomic E-state index is 14.7. The Balaban J connectivity index is 1.25. The van der Waals surface area contributed by atoms with Crippen LogP contribution in [0.25, 0.3) is 0 Å². The lowest BCUT2D eigenvalue weighted by atomic mass is 9.57. The monoisotopic (exact) mass is 632 g/mol. The van der Waals surface area contributed by atoms with Crippen molar-refractivity contribution < 1.29 is 28.1 Å². The number of hydrogen-bond donors (Lipinski definition) is 1. The molecule has 0 aromatic heterocycles. The Labute approximate surface area is 269 Å². The molecule has 3 aliphatic rings. The van der Waals surface area contributed by atoms with Gasteiger partial charge in [-0.05, 0) is 46.4 Å². The van der Waals surface area contributed by atoms with Crippen molar-refractivity contribution in [2.45, 2.75) is 41.5 Å². The average Bonchev–Trinajstić information content (AvgIpc) is 3.08. The van der Waals surface area contributed by atoms with Gasteiger partial charge in [-0.3, -0.25) is 18.7 Å². The maximum Gasteiger partial charge on any atom is 0.355 e. The number of carbonyl (C=O) groups is 3. The second-order valence-electron chi connectivity index (χ2n) is 11.7. The smallest absolute Gasteiger partial charge is 0.355 e. The van der Waals surface area contributed by atoms with Crippen molar-refractivity contribution in [2.75, 3.05) is 7.11 Å². The fraction of sp³-hybridized carbons (Fsp3) is 0.216. The molecule has 0 radical (unpaired) electrons. The van der Waals surface area contributed by atoms with E-state index < -0.39 is 44.8 Å². The molecular weight excluding hydrogens is 600 g/mol. The molecule has 2 fully saturated rings. The Morgan fingerprint density at radius 1 is 0.848 bits per heavy atom. The first-order valence-electron chi connectivity index (χ1n) is 15.1. The van der Waals surface area contributed by atoms with Crippen molar-refractivity contribution in [1.82, 2.24) is 10.2 Å². The highest BCUT2D eigenvalue weighted by molar-refractivity contribution is 7.87. The first-order chi connectivity index (χ1) is 22.4. The Hall–Kier alpha value is -5.02. The van der Waals surface area contributed by atoms with E-state index in [1.165, 1.54) is 4.90 Å². The summed E-state index contributed by atoms with van der Waals surface area (Å²) >= 11 is 0. The Kier molecular flexibility index (Phi) is 7.78. The molecule has 1 N–H and O–H groups in total. The van der Waals surface area contributed by atoms with Gasteiger partial charge in [-0.1, -0.05) is 103 Å². The Morgan fingerprint density at radius 3 is 2.02 bits per heavy atom. The number of rotatable bonds is 9. The molecule has 2 aliphatic heterocycles. The highest BCUT2D eigenvalue weighted by Crippen LogP contribution is 2.60. The summed E-state index contributed by atoms with van der Waals surface area (Å²) < 4.78 is 25.7. The summed E-state index contributed by atoms with van der Waals surface area (Å²) in [7, 11) is -0.0933. The van der Waals surface area contributed by atoms with Gasteiger partial charge in [-0.25, -0.2) is 4.79 Å². The normalized spacial score (nSPS) is 22.5. The molecule has 46 heavy (non-hydrogen) atoms. The molecule has 1 aliphatic carbocycles. The molecule has 9 heteroatoms. The standard InChI is InChI=1S/C37H32N2O6S/c1-44-28-19-17-25(18-20-28)23-45-36(42)32-29-22-37(26-13-7-3-8-14-26,27-15-9-4-10-16-27)33(29)46(43)35-31(34(41)39(32)35)38-30(40)21-24-11-5-2-6-12-24/h2-20,31,33,35H,21-23H2,1H3,(H,38,40)/t31-,33-,35-,46?/m1/s1. The van der Waals surface area contributed by atoms with E-state index >= 15 is 0 Å². The molecular formula is C37H32N2O6S. The van der Waals surface area contributed by atoms with Crippen LogP contribution in [-0.2, 0) is 48.4 Å². The van der Waals surface area contributed by atoms with Gasteiger partial charge in [-0.2, -0.15) is 0 Å². The van der Waals surface area contributed by atoms with Crippen LogP contribution in [0.4, 0.5) is 0 Å². The van der Waals surface area contributed by atoms with Crippen LogP contribution in [0.15, 0.2) is 127 Å². The van der Waals surface area contributed by atoms with Crippen LogP contribution in [0.5, 0.6) is 5.75 Å². The molecule has 4 atom stereocenters. The zero-order valence-corrected chi connectivity index (χ0v) is 25.9. The van der Waals surface area contributed by atoms with Crippen molar-refractivity contribution in [2.24, 2.45) is 0 Å². The third-order valence-electron chi connectivity index (χ3n) is 9.12. The molecule has 232 valence electrons. The number of β-lactam (4-membered cyclic amide) rings is 1. The number of methoxy groups -OCH3 is 1. The molecule has 4 aromatic rings. The van der Waals surface area contributed by atoms with Crippen LogP contribution in [0, 0.1) is 0 Å². The summed E-state index contributed by atoms with van der Waals surface area (Å²) in [6.07, 6.45) is 0.467. The minimum atomic E-state index is -1.67. The minimum Gasteiger partial charge on any atom is -0.497 e. The summed E-state index contributed by atoms with van der Waals surface area (Å²) in [6.45, 7) is -0.0141.